The van der Waals surface area contributed by atoms with Crippen LogP contribution in [0.4, 0.5) is 0 Å². The average molecular weight is 321 g/mol. The van der Waals surface area contributed by atoms with Crippen LogP contribution in [0.15, 0.2) is 41.1 Å². The molecule has 4 heteroatoms. The molecule has 2 rings (SSSR count). The van der Waals surface area contributed by atoms with E-state index in [1.54, 1.807) is 6.20 Å². The summed E-state index contributed by atoms with van der Waals surface area (Å²) in [6.07, 6.45) is 3.57. The van der Waals surface area contributed by atoms with Crippen molar-refractivity contribution >= 4 is 15.9 Å². The van der Waals surface area contributed by atoms with Gasteiger partial charge in [0.05, 0.1) is 10.7 Å². The molecular weight excluding hydrogens is 304 g/mol. The van der Waals surface area contributed by atoms with Crippen LogP contribution in [-0.2, 0) is 6.54 Å². The van der Waals surface area contributed by atoms with Gasteiger partial charge in [-0.25, -0.2) is 0 Å². The first-order chi connectivity index (χ1) is 9.19. The Balaban J connectivity index is 2.14. The van der Waals surface area contributed by atoms with Crippen molar-refractivity contribution in [1.29, 1.82) is 0 Å². The largest absolute Gasteiger partial charge is 0.455 e. The summed E-state index contributed by atoms with van der Waals surface area (Å²) in [6, 6.07) is 8.01. The maximum absolute atomic E-state index is 5.85. The number of halogens is 1. The minimum Gasteiger partial charge on any atom is -0.455 e. The SMILES string of the molecule is CCNCc1cncc(Oc2ccc(C)cc2Br)c1. The minimum absolute atomic E-state index is 0.750. The van der Waals surface area contributed by atoms with Crippen molar-refractivity contribution in [2.45, 2.75) is 20.4 Å². The first kappa shape index (κ1) is 14.0. The van der Waals surface area contributed by atoms with Crippen LogP contribution in [0.3, 0.4) is 0 Å². The molecule has 1 heterocycles. The Morgan fingerprint density at radius 2 is 2.11 bits per heavy atom. The normalized spacial score (nSPS) is 10.5. The molecule has 0 radical (unpaired) electrons. The Labute approximate surface area is 122 Å². The van der Waals surface area contributed by atoms with Crippen LogP contribution in [-0.4, -0.2) is 11.5 Å². The monoisotopic (exact) mass is 320 g/mol. The van der Waals surface area contributed by atoms with Crippen LogP contribution in [0.5, 0.6) is 11.5 Å². The molecule has 19 heavy (non-hydrogen) atoms. The van der Waals surface area contributed by atoms with Crippen LogP contribution in [0, 0.1) is 6.92 Å². The van der Waals surface area contributed by atoms with E-state index in [0.29, 0.717) is 0 Å². The molecule has 0 amide bonds. The van der Waals surface area contributed by atoms with Crippen molar-refractivity contribution in [1.82, 2.24) is 10.3 Å². The zero-order valence-corrected chi connectivity index (χ0v) is 12.7. The Morgan fingerprint density at radius 3 is 2.84 bits per heavy atom. The van der Waals surface area contributed by atoms with Gasteiger partial charge in [-0.05, 0) is 58.7 Å². The summed E-state index contributed by atoms with van der Waals surface area (Å²) in [7, 11) is 0. The zero-order chi connectivity index (χ0) is 13.7. The second-order valence-electron chi connectivity index (χ2n) is 4.35. The van der Waals surface area contributed by atoms with E-state index in [4.69, 9.17) is 4.74 Å². The average Bonchev–Trinajstić information content (AvgIpc) is 2.40. The molecule has 1 aromatic carbocycles. The molecule has 0 unspecified atom stereocenters. The molecule has 3 nitrogen and oxygen atoms in total. The molecule has 0 atom stereocenters. The van der Waals surface area contributed by atoms with Crippen molar-refractivity contribution in [2.75, 3.05) is 6.54 Å². The van der Waals surface area contributed by atoms with E-state index in [1.165, 1.54) is 5.56 Å². The van der Waals surface area contributed by atoms with Gasteiger partial charge in [0.15, 0.2) is 0 Å². The highest BCUT2D eigenvalue weighted by atomic mass is 79.9. The zero-order valence-electron chi connectivity index (χ0n) is 11.1. The second kappa shape index (κ2) is 6.68. The highest BCUT2D eigenvalue weighted by molar-refractivity contribution is 9.10. The maximum Gasteiger partial charge on any atom is 0.146 e. The first-order valence-electron chi connectivity index (χ1n) is 6.27. The van der Waals surface area contributed by atoms with E-state index in [9.17, 15) is 0 Å². The summed E-state index contributed by atoms with van der Waals surface area (Å²) >= 11 is 3.51. The van der Waals surface area contributed by atoms with Gasteiger partial charge in [-0.1, -0.05) is 13.0 Å². The Morgan fingerprint density at radius 1 is 1.26 bits per heavy atom. The van der Waals surface area contributed by atoms with Crippen molar-refractivity contribution < 1.29 is 4.74 Å². The van der Waals surface area contributed by atoms with Crippen molar-refractivity contribution in [3.63, 3.8) is 0 Å². The molecule has 0 fully saturated rings. The smallest absolute Gasteiger partial charge is 0.146 e. The summed E-state index contributed by atoms with van der Waals surface area (Å²) in [5.41, 5.74) is 2.31. The van der Waals surface area contributed by atoms with Crippen molar-refractivity contribution in [3.05, 3.63) is 52.3 Å². The van der Waals surface area contributed by atoms with E-state index >= 15 is 0 Å². The fourth-order valence-corrected chi connectivity index (χ4v) is 2.28. The molecule has 0 aliphatic rings. The summed E-state index contributed by atoms with van der Waals surface area (Å²) in [5, 5.41) is 3.27. The Kier molecular flexibility index (Phi) is 4.93. The summed E-state index contributed by atoms with van der Waals surface area (Å²) in [5.74, 6) is 1.55. The minimum atomic E-state index is 0.750. The van der Waals surface area contributed by atoms with Gasteiger partial charge in [-0.3, -0.25) is 4.98 Å². The van der Waals surface area contributed by atoms with Gasteiger partial charge in [-0.2, -0.15) is 0 Å². The lowest BCUT2D eigenvalue weighted by molar-refractivity contribution is 0.476. The van der Waals surface area contributed by atoms with Crippen LogP contribution in [0.2, 0.25) is 0 Å². The second-order valence-corrected chi connectivity index (χ2v) is 5.20. The molecule has 1 N–H and O–H groups in total. The molecule has 0 spiro atoms. The third-order valence-electron chi connectivity index (χ3n) is 2.66. The number of rotatable bonds is 5. The van der Waals surface area contributed by atoms with Crippen LogP contribution in [0.1, 0.15) is 18.1 Å². The predicted octanol–water partition coefficient (Wildman–Crippen LogP) is 4.05. The molecule has 0 saturated heterocycles. The van der Waals surface area contributed by atoms with Gasteiger partial charge in [0.1, 0.15) is 11.5 Å². The number of pyridine rings is 1. The third kappa shape index (κ3) is 4.04. The maximum atomic E-state index is 5.85. The number of benzene rings is 1. The summed E-state index contributed by atoms with van der Waals surface area (Å²) < 4.78 is 6.80. The van der Waals surface area contributed by atoms with E-state index in [-0.39, 0.29) is 0 Å². The molecule has 0 aliphatic carbocycles. The lowest BCUT2D eigenvalue weighted by Crippen LogP contribution is -2.11. The van der Waals surface area contributed by atoms with Gasteiger partial charge in [0.25, 0.3) is 0 Å². The molecule has 1 aromatic heterocycles. The molecule has 0 bridgehead atoms. The van der Waals surface area contributed by atoms with Gasteiger partial charge < -0.3 is 10.1 Å². The molecule has 100 valence electrons. The molecular formula is C15H17BrN2O. The number of ether oxygens (including phenoxy) is 1. The van der Waals surface area contributed by atoms with Gasteiger partial charge in [-0.15, -0.1) is 0 Å². The topological polar surface area (TPSA) is 34.2 Å². The molecule has 0 aliphatic heterocycles. The van der Waals surface area contributed by atoms with Gasteiger partial charge in [0, 0.05) is 12.7 Å². The standard InChI is InChI=1S/C15H17BrN2O/c1-3-17-8-12-7-13(10-18-9-12)19-15-5-4-11(2)6-14(15)16/h4-7,9-10,17H,3,8H2,1-2H3. The number of aryl methyl sites for hydroxylation is 1. The number of nitrogens with zero attached hydrogens (tertiary/aromatic N) is 1. The highest BCUT2D eigenvalue weighted by Gasteiger charge is 2.04. The third-order valence-corrected chi connectivity index (χ3v) is 3.28. The predicted molar refractivity (Wildman–Crippen MR) is 80.6 cm³/mol. The van der Waals surface area contributed by atoms with E-state index < -0.39 is 0 Å². The Hall–Kier alpha value is -1.39. The van der Waals surface area contributed by atoms with E-state index in [0.717, 1.165) is 34.6 Å². The van der Waals surface area contributed by atoms with Crippen molar-refractivity contribution in [3.8, 4) is 11.5 Å². The first-order valence-corrected chi connectivity index (χ1v) is 7.07. The fourth-order valence-electron chi connectivity index (χ4n) is 1.70. The van der Waals surface area contributed by atoms with Crippen molar-refractivity contribution in [2.24, 2.45) is 0 Å². The quantitative estimate of drug-likeness (QED) is 0.902. The summed E-state index contributed by atoms with van der Waals surface area (Å²) in [4.78, 5) is 4.20. The van der Waals surface area contributed by atoms with Crippen LogP contribution < -0.4 is 10.1 Å². The van der Waals surface area contributed by atoms with E-state index in [1.807, 2.05) is 37.4 Å². The highest BCUT2D eigenvalue weighted by Crippen LogP contribution is 2.30. The van der Waals surface area contributed by atoms with Crippen LogP contribution in [0.25, 0.3) is 0 Å². The summed E-state index contributed by atoms with van der Waals surface area (Å²) in [6.45, 7) is 5.87. The van der Waals surface area contributed by atoms with Gasteiger partial charge in [0.2, 0.25) is 0 Å². The van der Waals surface area contributed by atoms with E-state index in [2.05, 4.69) is 33.2 Å². The number of hydrogen-bond donors (Lipinski definition) is 1. The number of aromatic nitrogens is 1. The molecule has 2 aromatic rings. The van der Waals surface area contributed by atoms with Crippen LogP contribution >= 0.6 is 15.9 Å². The lowest BCUT2D eigenvalue weighted by atomic mass is 10.2. The number of nitrogens with one attached hydrogen (secondary N) is 1. The number of hydrogen-bond acceptors (Lipinski definition) is 3. The Bertz CT molecular complexity index is 558. The molecule has 0 saturated carbocycles. The lowest BCUT2D eigenvalue weighted by Gasteiger charge is -2.09. The fraction of sp³-hybridized carbons (Fsp3) is 0.267. The van der Waals surface area contributed by atoms with Gasteiger partial charge >= 0.3 is 0 Å².